The van der Waals surface area contributed by atoms with Crippen LogP contribution in [0.25, 0.3) is 0 Å². The van der Waals surface area contributed by atoms with Gasteiger partial charge in [0.2, 0.25) is 0 Å². The van der Waals surface area contributed by atoms with Gasteiger partial charge in [-0.15, -0.1) is 0 Å². The standard InChI is InChI=1S/C30H24ClNO4S/c31-23-11-15-25(16-12-23)32(19-20-6-7-20)24-13-8-21(9-14-24)29(33)22-10-17-28(27(18-22)30(34)35)37(36)26-4-2-1-3-5-26/h1-5,8-18,20H,6-7,19H2,(H,34,35). The smallest absolute Gasteiger partial charge is 0.336 e. The minimum atomic E-state index is -1.68. The van der Waals surface area contributed by atoms with Gasteiger partial charge in [0.25, 0.3) is 0 Å². The molecule has 0 saturated heterocycles. The molecule has 4 aromatic carbocycles. The Kier molecular flexibility index (Phi) is 7.22. The zero-order chi connectivity index (χ0) is 25.9. The van der Waals surface area contributed by atoms with Gasteiger partial charge < -0.3 is 10.0 Å². The van der Waals surface area contributed by atoms with Gasteiger partial charge in [-0.25, -0.2) is 9.00 Å². The average molecular weight is 530 g/mol. The molecule has 0 heterocycles. The Morgan fingerprint density at radius 1 is 0.838 bits per heavy atom. The maximum absolute atomic E-state index is 13.3. The summed E-state index contributed by atoms with van der Waals surface area (Å²) in [5, 5.41) is 10.5. The lowest BCUT2D eigenvalue weighted by Gasteiger charge is -2.25. The van der Waals surface area contributed by atoms with Crippen LogP contribution < -0.4 is 4.90 Å². The topological polar surface area (TPSA) is 74.7 Å². The number of carboxylic acid groups (broad SMARTS) is 1. The molecule has 0 radical (unpaired) electrons. The number of anilines is 2. The highest BCUT2D eigenvalue weighted by Gasteiger charge is 2.26. The molecule has 1 N–H and O–H groups in total. The quantitative estimate of drug-likeness (QED) is 0.237. The van der Waals surface area contributed by atoms with E-state index in [1.165, 1.54) is 31.0 Å². The first-order chi connectivity index (χ1) is 17.9. The Labute approximate surface area is 222 Å². The first-order valence-corrected chi connectivity index (χ1v) is 13.5. The summed E-state index contributed by atoms with van der Waals surface area (Å²) in [6.45, 7) is 0.886. The fourth-order valence-electron chi connectivity index (χ4n) is 4.17. The second kappa shape index (κ2) is 10.7. The molecule has 1 aliphatic carbocycles. The van der Waals surface area contributed by atoms with E-state index in [9.17, 15) is 18.9 Å². The van der Waals surface area contributed by atoms with E-state index in [1.54, 1.807) is 42.5 Å². The van der Waals surface area contributed by atoms with E-state index in [4.69, 9.17) is 11.6 Å². The summed E-state index contributed by atoms with van der Waals surface area (Å²) in [7, 11) is -1.68. The minimum Gasteiger partial charge on any atom is -0.478 e. The lowest BCUT2D eigenvalue weighted by molar-refractivity contribution is 0.0693. The highest BCUT2D eigenvalue weighted by molar-refractivity contribution is 7.85. The number of ketones is 1. The van der Waals surface area contributed by atoms with Crippen LogP contribution >= 0.6 is 11.6 Å². The van der Waals surface area contributed by atoms with Crippen molar-refractivity contribution in [1.82, 2.24) is 0 Å². The van der Waals surface area contributed by atoms with Gasteiger partial charge in [0.15, 0.2) is 5.78 Å². The van der Waals surface area contributed by atoms with E-state index in [1.807, 2.05) is 36.4 Å². The molecule has 1 unspecified atom stereocenters. The molecule has 0 aliphatic heterocycles. The van der Waals surface area contributed by atoms with Crippen molar-refractivity contribution in [2.24, 2.45) is 5.92 Å². The third-order valence-corrected chi connectivity index (χ3v) is 8.05. The molecule has 5 nitrogen and oxygen atoms in total. The van der Waals surface area contributed by atoms with Crippen LogP contribution in [0.4, 0.5) is 11.4 Å². The van der Waals surface area contributed by atoms with Gasteiger partial charge in [-0.3, -0.25) is 4.79 Å². The first kappa shape index (κ1) is 24.9. The fraction of sp³-hybridized carbons (Fsp3) is 0.133. The summed E-state index contributed by atoms with van der Waals surface area (Å²) in [6.07, 6.45) is 2.41. The van der Waals surface area contributed by atoms with Gasteiger partial charge in [0.05, 0.1) is 21.3 Å². The van der Waals surface area contributed by atoms with E-state index in [0.717, 1.165) is 17.9 Å². The van der Waals surface area contributed by atoms with Crippen LogP contribution in [0.3, 0.4) is 0 Å². The SMILES string of the molecule is O=C(c1ccc(N(CC2CC2)c2ccc(Cl)cc2)cc1)c1ccc(S(=O)c2ccccc2)c(C(=O)O)c1. The number of hydrogen-bond acceptors (Lipinski definition) is 4. The molecule has 0 spiro atoms. The number of hydrogen-bond donors (Lipinski definition) is 1. The largest absolute Gasteiger partial charge is 0.478 e. The van der Waals surface area contributed by atoms with Crippen LogP contribution in [0, 0.1) is 5.92 Å². The van der Waals surface area contributed by atoms with Gasteiger partial charge in [-0.2, -0.15) is 0 Å². The van der Waals surface area contributed by atoms with Crippen LogP contribution in [0.1, 0.15) is 39.1 Å². The normalized spacial score (nSPS) is 13.6. The van der Waals surface area contributed by atoms with Crippen molar-refractivity contribution in [1.29, 1.82) is 0 Å². The fourth-order valence-corrected chi connectivity index (χ4v) is 5.49. The number of rotatable bonds is 9. The molecular formula is C30H24ClNO4S. The van der Waals surface area contributed by atoms with Gasteiger partial charge in [-0.1, -0.05) is 29.8 Å². The third kappa shape index (κ3) is 5.66. The van der Waals surface area contributed by atoms with Crippen molar-refractivity contribution in [3.8, 4) is 0 Å². The Bertz CT molecular complexity index is 1470. The molecular weight excluding hydrogens is 506 g/mol. The molecule has 0 aromatic heterocycles. The second-order valence-corrected chi connectivity index (χ2v) is 10.9. The number of carbonyl (C=O) groups excluding carboxylic acids is 1. The molecule has 0 amide bonds. The zero-order valence-electron chi connectivity index (χ0n) is 19.8. The molecule has 37 heavy (non-hydrogen) atoms. The predicted octanol–water partition coefficient (Wildman–Crippen LogP) is 6.98. The Morgan fingerprint density at radius 2 is 1.43 bits per heavy atom. The Hall–Kier alpha value is -3.74. The van der Waals surface area contributed by atoms with Gasteiger partial charge in [-0.05, 0) is 97.6 Å². The highest BCUT2D eigenvalue weighted by atomic mass is 35.5. The van der Waals surface area contributed by atoms with Crippen LogP contribution in [-0.2, 0) is 10.8 Å². The molecule has 1 saturated carbocycles. The lowest BCUT2D eigenvalue weighted by atomic mass is 10.0. The summed E-state index contributed by atoms with van der Waals surface area (Å²) in [4.78, 5) is 28.1. The monoisotopic (exact) mass is 529 g/mol. The van der Waals surface area contributed by atoms with E-state index >= 15 is 0 Å². The maximum atomic E-state index is 13.3. The molecule has 0 bridgehead atoms. The Morgan fingerprint density at radius 3 is 2.03 bits per heavy atom. The van der Waals surface area contributed by atoms with Crippen molar-refractivity contribution in [3.05, 3.63) is 119 Å². The molecule has 1 aliphatic rings. The molecule has 1 atom stereocenters. The Balaban J connectivity index is 1.41. The summed E-state index contributed by atoms with van der Waals surface area (Å²) in [5.41, 5.74) is 2.52. The maximum Gasteiger partial charge on any atom is 0.336 e. The number of benzene rings is 4. The zero-order valence-corrected chi connectivity index (χ0v) is 21.4. The number of carboxylic acids is 1. The third-order valence-electron chi connectivity index (χ3n) is 6.35. The first-order valence-electron chi connectivity index (χ1n) is 11.9. The van der Waals surface area contributed by atoms with Gasteiger partial charge in [0, 0.05) is 39.0 Å². The summed E-state index contributed by atoms with van der Waals surface area (Å²) in [6, 6.07) is 28.0. The van der Waals surface area contributed by atoms with Crippen molar-refractivity contribution in [2.45, 2.75) is 22.6 Å². The molecule has 7 heteroatoms. The van der Waals surface area contributed by atoms with Crippen LogP contribution in [0.15, 0.2) is 107 Å². The summed E-state index contributed by atoms with van der Waals surface area (Å²) in [5.74, 6) is -0.888. The average Bonchev–Trinajstić information content (AvgIpc) is 3.76. The van der Waals surface area contributed by atoms with Crippen molar-refractivity contribution in [3.63, 3.8) is 0 Å². The predicted molar refractivity (Wildman–Crippen MR) is 146 cm³/mol. The van der Waals surface area contributed by atoms with Crippen LogP contribution in [0.2, 0.25) is 5.02 Å². The van der Waals surface area contributed by atoms with Crippen molar-refractivity contribution < 1.29 is 18.9 Å². The highest BCUT2D eigenvalue weighted by Crippen LogP contribution is 2.36. The van der Waals surface area contributed by atoms with E-state index in [2.05, 4.69) is 4.90 Å². The van der Waals surface area contributed by atoms with E-state index in [-0.39, 0.29) is 21.8 Å². The van der Waals surface area contributed by atoms with Gasteiger partial charge >= 0.3 is 5.97 Å². The van der Waals surface area contributed by atoms with Crippen LogP contribution in [-0.4, -0.2) is 27.6 Å². The molecule has 186 valence electrons. The van der Waals surface area contributed by atoms with E-state index in [0.29, 0.717) is 21.4 Å². The molecule has 1 fully saturated rings. The minimum absolute atomic E-state index is 0.150. The molecule has 5 rings (SSSR count). The van der Waals surface area contributed by atoms with E-state index < -0.39 is 16.8 Å². The van der Waals surface area contributed by atoms with Gasteiger partial charge in [0.1, 0.15) is 0 Å². The van der Waals surface area contributed by atoms with Crippen molar-refractivity contribution >= 4 is 45.5 Å². The summed E-state index contributed by atoms with van der Waals surface area (Å²) < 4.78 is 13.0. The summed E-state index contributed by atoms with van der Waals surface area (Å²) >= 11 is 6.07. The molecule has 4 aromatic rings. The number of nitrogens with zero attached hydrogens (tertiary/aromatic N) is 1. The number of halogens is 1. The van der Waals surface area contributed by atoms with Crippen molar-refractivity contribution in [2.75, 3.05) is 11.4 Å². The number of carbonyl (C=O) groups is 2. The number of aromatic carboxylic acids is 1. The lowest BCUT2D eigenvalue weighted by Crippen LogP contribution is -2.20. The van der Waals surface area contributed by atoms with Crippen LogP contribution in [0.5, 0.6) is 0 Å². The second-order valence-electron chi connectivity index (χ2n) is 9.00.